The molecule has 0 atom stereocenters. The lowest BCUT2D eigenvalue weighted by molar-refractivity contribution is -0.131. The van der Waals surface area contributed by atoms with Crippen LogP contribution in [0.1, 0.15) is 62.5 Å². The largest absolute Gasteiger partial charge is 0.381 e. The molecule has 1 saturated carbocycles. The molecule has 1 amide bonds. The van der Waals surface area contributed by atoms with Gasteiger partial charge in [-0.1, -0.05) is 42.7 Å². The van der Waals surface area contributed by atoms with Crippen LogP contribution in [0, 0.1) is 6.92 Å². The van der Waals surface area contributed by atoms with Gasteiger partial charge in [0, 0.05) is 38.4 Å². The van der Waals surface area contributed by atoms with Gasteiger partial charge in [0.1, 0.15) is 0 Å². The number of ether oxygens (including phenoxy) is 1. The van der Waals surface area contributed by atoms with E-state index < -0.39 is 5.41 Å². The lowest BCUT2D eigenvalue weighted by Gasteiger charge is -2.40. The maximum absolute atomic E-state index is 13.4. The average Bonchev–Trinajstić information content (AvgIpc) is 3.24. The van der Waals surface area contributed by atoms with Gasteiger partial charge < -0.3 is 15.0 Å². The number of aryl methyl sites for hydroxylation is 1. The van der Waals surface area contributed by atoms with E-state index in [1.165, 1.54) is 31.2 Å². The number of carbonyl (C=O) groups is 1. The summed E-state index contributed by atoms with van der Waals surface area (Å²) in [5.74, 6) is 0.217. The molecular formula is C23H34N2O2. The summed E-state index contributed by atoms with van der Waals surface area (Å²) in [5, 5.41) is 3.43. The van der Waals surface area contributed by atoms with E-state index in [1.807, 2.05) is 0 Å². The van der Waals surface area contributed by atoms with Gasteiger partial charge in [-0.25, -0.2) is 0 Å². The maximum atomic E-state index is 13.4. The summed E-state index contributed by atoms with van der Waals surface area (Å²) in [6.07, 6.45) is 9.25. The second-order valence-electron chi connectivity index (χ2n) is 8.78. The first-order valence-electron chi connectivity index (χ1n) is 10.9. The normalized spacial score (nSPS) is 24.8. The summed E-state index contributed by atoms with van der Waals surface area (Å²) < 4.78 is 5.59. The van der Waals surface area contributed by atoms with Crippen LogP contribution in [0.25, 0.3) is 0 Å². The highest BCUT2D eigenvalue weighted by Gasteiger charge is 2.42. The number of hydrogen-bond acceptors (Lipinski definition) is 3. The molecule has 3 aliphatic rings. The molecule has 2 aliphatic heterocycles. The van der Waals surface area contributed by atoms with E-state index in [4.69, 9.17) is 4.74 Å². The standard InChI is InChI=1S/C23H34N2O2/c1-18-6-8-19(9-7-18)23(12-16-27-17-13-23)22(26)24-20-10-14-25(15-11-20)21-4-2-3-5-21/h6-9,20-21H,2-5,10-17H2,1H3,(H,24,26). The summed E-state index contributed by atoms with van der Waals surface area (Å²) in [4.78, 5) is 16.1. The third kappa shape index (κ3) is 4.07. The number of likely N-dealkylation sites (tertiary alicyclic amines) is 1. The van der Waals surface area contributed by atoms with E-state index in [2.05, 4.69) is 41.4 Å². The molecule has 0 unspecified atom stereocenters. The van der Waals surface area contributed by atoms with Crippen LogP contribution in [0.3, 0.4) is 0 Å². The quantitative estimate of drug-likeness (QED) is 0.881. The van der Waals surface area contributed by atoms with Crippen molar-refractivity contribution < 1.29 is 9.53 Å². The lowest BCUT2D eigenvalue weighted by Crippen LogP contribution is -2.54. The molecule has 2 heterocycles. The minimum atomic E-state index is -0.422. The molecule has 1 N–H and O–H groups in total. The number of piperidine rings is 1. The van der Waals surface area contributed by atoms with Crippen molar-refractivity contribution in [2.75, 3.05) is 26.3 Å². The highest BCUT2D eigenvalue weighted by Crippen LogP contribution is 2.36. The SMILES string of the molecule is Cc1ccc(C2(C(=O)NC3CCN(C4CCCC4)CC3)CCOCC2)cc1. The molecule has 4 nitrogen and oxygen atoms in total. The van der Waals surface area contributed by atoms with Gasteiger partial charge in [0.05, 0.1) is 5.41 Å². The Kier molecular flexibility index (Phi) is 5.84. The second-order valence-corrected chi connectivity index (χ2v) is 8.78. The van der Waals surface area contributed by atoms with Gasteiger partial charge in [-0.05, 0) is 51.0 Å². The van der Waals surface area contributed by atoms with Gasteiger partial charge in [0.25, 0.3) is 0 Å². The molecule has 0 bridgehead atoms. The Bertz CT molecular complexity index is 622. The number of rotatable bonds is 4. The molecule has 1 aliphatic carbocycles. The van der Waals surface area contributed by atoms with Crippen LogP contribution in [0.15, 0.2) is 24.3 Å². The molecule has 0 aromatic heterocycles. The van der Waals surface area contributed by atoms with Crippen LogP contribution in [0.4, 0.5) is 0 Å². The first kappa shape index (κ1) is 18.9. The number of benzene rings is 1. The molecule has 0 radical (unpaired) electrons. The molecule has 4 rings (SSSR count). The summed E-state index contributed by atoms with van der Waals surface area (Å²) in [5.41, 5.74) is 1.96. The highest BCUT2D eigenvalue weighted by atomic mass is 16.5. The van der Waals surface area contributed by atoms with Gasteiger partial charge in [-0.2, -0.15) is 0 Å². The summed E-state index contributed by atoms with van der Waals surface area (Å²) in [6, 6.07) is 9.66. The zero-order chi connectivity index (χ0) is 18.7. The van der Waals surface area contributed by atoms with Crippen molar-refractivity contribution >= 4 is 5.91 Å². The van der Waals surface area contributed by atoms with Crippen LogP contribution in [-0.4, -0.2) is 49.2 Å². The number of nitrogens with one attached hydrogen (secondary N) is 1. The van der Waals surface area contributed by atoms with Crippen molar-refractivity contribution in [1.82, 2.24) is 10.2 Å². The topological polar surface area (TPSA) is 41.6 Å². The van der Waals surface area contributed by atoms with Crippen LogP contribution >= 0.6 is 0 Å². The van der Waals surface area contributed by atoms with Crippen molar-refractivity contribution in [3.05, 3.63) is 35.4 Å². The first-order chi connectivity index (χ1) is 13.2. The molecule has 1 aromatic carbocycles. The Morgan fingerprint density at radius 3 is 2.30 bits per heavy atom. The van der Waals surface area contributed by atoms with E-state index >= 15 is 0 Å². The fraction of sp³-hybridized carbons (Fsp3) is 0.696. The Hall–Kier alpha value is -1.39. The van der Waals surface area contributed by atoms with Crippen LogP contribution in [0.5, 0.6) is 0 Å². The molecule has 3 fully saturated rings. The van der Waals surface area contributed by atoms with Crippen molar-refractivity contribution in [2.24, 2.45) is 0 Å². The average molecular weight is 371 g/mol. The number of carbonyl (C=O) groups excluding carboxylic acids is 1. The van der Waals surface area contributed by atoms with E-state index in [-0.39, 0.29) is 5.91 Å². The summed E-state index contributed by atoms with van der Waals surface area (Å²) in [6.45, 7) is 5.70. The van der Waals surface area contributed by atoms with Crippen LogP contribution < -0.4 is 5.32 Å². The first-order valence-corrected chi connectivity index (χ1v) is 10.9. The van der Waals surface area contributed by atoms with Gasteiger partial charge in [-0.15, -0.1) is 0 Å². The fourth-order valence-corrected chi connectivity index (χ4v) is 5.24. The molecule has 0 spiro atoms. The predicted molar refractivity (Wildman–Crippen MR) is 108 cm³/mol. The molecule has 27 heavy (non-hydrogen) atoms. The Labute approximate surface area is 163 Å². The molecule has 1 aromatic rings. The highest BCUT2D eigenvalue weighted by molar-refractivity contribution is 5.88. The Morgan fingerprint density at radius 1 is 1.04 bits per heavy atom. The summed E-state index contributed by atoms with van der Waals surface area (Å²) in [7, 11) is 0. The lowest BCUT2D eigenvalue weighted by atomic mass is 9.73. The molecule has 4 heteroatoms. The Morgan fingerprint density at radius 2 is 1.67 bits per heavy atom. The van der Waals surface area contributed by atoms with Crippen molar-refractivity contribution in [3.63, 3.8) is 0 Å². The molecular weight excluding hydrogens is 336 g/mol. The number of nitrogens with zero attached hydrogens (tertiary/aromatic N) is 1. The van der Waals surface area contributed by atoms with E-state index in [0.717, 1.165) is 50.4 Å². The van der Waals surface area contributed by atoms with Crippen LogP contribution in [-0.2, 0) is 14.9 Å². The molecule has 2 saturated heterocycles. The second kappa shape index (κ2) is 8.32. The third-order valence-electron chi connectivity index (χ3n) is 7.09. The van der Waals surface area contributed by atoms with E-state index in [0.29, 0.717) is 19.3 Å². The zero-order valence-electron chi connectivity index (χ0n) is 16.7. The van der Waals surface area contributed by atoms with Gasteiger partial charge in [0.2, 0.25) is 5.91 Å². The minimum absolute atomic E-state index is 0.217. The third-order valence-corrected chi connectivity index (χ3v) is 7.09. The van der Waals surface area contributed by atoms with Crippen molar-refractivity contribution in [2.45, 2.75) is 75.8 Å². The van der Waals surface area contributed by atoms with Gasteiger partial charge in [0.15, 0.2) is 0 Å². The van der Waals surface area contributed by atoms with Gasteiger partial charge in [-0.3, -0.25) is 4.79 Å². The van der Waals surface area contributed by atoms with Crippen molar-refractivity contribution in [3.8, 4) is 0 Å². The predicted octanol–water partition coefficient (Wildman–Crippen LogP) is 3.57. The smallest absolute Gasteiger partial charge is 0.231 e. The maximum Gasteiger partial charge on any atom is 0.231 e. The summed E-state index contributed by atoms with van der Waals surface area (Å²) >= 11 is 0. The molecule has 148 valence electrons. The number of amides is 1. The van der Waals surface area contributed by atoms with Gasteiger partial charge >= 0.3 is 0 Å². The fourth-order valence-electron chi connectivity index (χ4n) is 5.24. The minimum Gasteiger partial charge on any atom is -0.381 e. The van der Waals surface area contributed by atoms with Crippen molar-refractivity contribution in [1.29, 1.82) is 0 Å². The van der Waals surface area contributed by atoms with E-state index in [1.54, 1.807) is 0 Å². The number of hydrogen-bond donors (Lipinski definition) is 1. The Balaban J connectivity index is 1.41. The van der Waals surface area contributed by atoms with E-state index in [9.17, 15) is 4.79 Å². The monoisotopic (exact) mass is 370 g/mol. The van der Waals surface area contributed by atoms with Crippen LogP contribution in [0.2, 0.25) is 0 Å². The zero-order valence-corrected chi connectivity index (χ0v) is 16.7.